The summed E-state index contributed by atoms with van der Waals surface area (Å²) in [6.45, 7) is 3.98. The van der Waals surface area contributed by atoms with Crippen LogP contribution in [0.15, 0.2) is 24.3 Å². The first kappa shape index (κ1) is 42.3. The van der Waals surface area contributed by atoms with Gasteiger partial charge in [-0.1, -0.05) is 128 Å². The van der Waals surface area contributed by atoms with Crippen molar-refractivity contribution in [3.8, 4) is 0 Å². The van der Waals surface area contributed by atoms with Crippen LogP contribution >= 0.6 is 0 Å². The van der Waals surface area contributed by atoms with Gasteiger partial charge in [0.25, 0.3) is 0 Å². The number of esters is 2. The topological polar surface area (TPSA) is 134 Å². The van der Waals surface area contributed by atoms with Gasteiger partial charge in [-0.3, -0.25) is 9.59 Å². The van der Waals surface area contributed by atoms with E-state index in [4.69, 9.17) is 9.47 Å². The highest BCUT2D eigenvalue weighted by atomic mass is 16.6. The van der Waals surface area contributed by atoms with E-state index in [-0.39, 0.29) is 37.4 Å². The van der Waals surface area contributed by atoms with Crippen molar-refractivity contribution in [3.63, 3.8) is 0 Å². The van der Waals surface area contributed by atoms with Crippen LogP contribution in [0.3, 0.4) is 0 Å². The smallest absolute Gasteiger partial charge is 0.305 e. The molecule has 1 fully saturated rings. The molecule has 0 aromatic carbocycles. The second-order valence-corrected chi connectivity index (χ2v) is 13.3. The van der Waals surface area contributed by atoms with Crippen molar-refractivity contribution in [2.45, 2.75) is 180 Å². The molecule has 46 heavy (non-hydrogen) atoms. The molecule has 4 N–H and O–H groups in total. The SMILES string of the molecule is CCCCCCCCCCCCCCC(=O)OC[C@H](O)COC(=O)CCC/C=C/C[C@@H]1[C@@H](/C=C/[C@@H](O)CCCCC)[C@H](O)C[C@@H]1O. The van der Waals surface area contributed by atoms with Gasteiger partial charge < -0.3 is 29.9 Å². The van der Waals surface area contributed by atoms with Crippen LogP contribution in [0.5, 0.6) is 0 Å². The van der Waals surface area contributed by atoms with Gasteiger partial charge in [0, 0.05) is 25.2 Å². The minimum atomic E-state index is -1.04. The van der Waals surface area contributed by atoms with Gasteiger partial charge in [0.1, 0.15) is 19.3 Å². The number of ether oxygens (including phenoxy) is 2. The van der Waals surface area contributed by atoms with Crippen LogP contribution in [-0.4, -0.2) is 70.0 Å². The summed E-state index contributed by atoms with van der Waals surface area (Å²) >= 11 is 0. The molecular weight excluding hydrogens is 584 g/mol. The van der Waals surface area contributed by atoms with Gasteiger partial charge in [0.2, 0.25) is 0 Å². The predicted octanol–water partition coefficient (Wildman–Crippen LogP) is 7.50. The molecule has 268 valence electrons. The van der Waals surface area contributed by atoms with Gasteiger partial charge in [-0.05, 0) is 38.0 Å². The summed E-state index contributed by atoms with van der Waals surface area (Å²) in [5, 5.41) is 41.0. The molecule has 0 spiro atoms. The van der Waals surface area contributed by atoms with Gasteiger partial charge in [0.15, 0.2) is 0 Å². The van der Waals surface area contributed by atoms with Crippen molar-refractivity contribution >= 4 is 11.9 Å². The lowest BCUT2D eigenvalue weighted by molar-refractivity contribution is -0.152. The highest BCUT2D eigenvalue weighted by Gasteiger charge is 2.39. The van der Waals surface area contributed by atoms with Crippen LogP contribution in [0.25, 0.3) is 0 Å². The molecule has 6 atom stereocenters. The zero-order valence-electron chi connectivity index (χ0n) is 29.2. The molecule has 0 aromatic heterocycles. The van der Waals surface area contributed by atoms with E-state index in [1.807, 2.05) is 18.2 Å². The first-order chi connectivity index (χ1) is 22.3. The van der Waals surface area contributed by atoms with E-state index >= 15 is 0 Å². The largest absolute Gasteiger partial charge is 0.463 e. The molecule has 0 unspecified atom stereocenters. The molecule has 1 aliphatic carbocycles. The van der Waals surface area contributed by atoms with Gasteiger partial charge in [-0.15, -0.1) is 0 Å². The Labute approximate surface area is 280 Å². The van der Waals surface area contributed by atoms with Crippen LogP contribution in [0.4, 0.5) is 0 Å². The Hall–Kier alpha value is -1.74. The van der Waals surface area contributed by atoms with Crippen molar-refractivity contribution in [3.05, 3.63) is 24.3 Å². The molecule has 0 aromatic rings. The average molecular weight is 653 g/mol. The third-order valence-corrected chi connectivity index (χ3v) is 9.01. The van der Waals surface area contributed by atoms with Crippen molar-refractivity contribution in [2.24, 2.45) is 11.8 Å². The maximum Gasteiger partial charge on any atom is 0.305 e. The Morgan fingerprint density at radius 3 is 1.80 bits per heavy atom. The van der Waals surface area contributed by atoms with Gasteiger partial charge in [0.05, 0.1) is 18.3 Å². The monoisotopic (exact) mass is 652 g/mol. The predicted molar refractivity (Wildman–Crippen MR) is 184 cm³/mol. The Balaban J connectivity index is 2.08. The number of carbonyl (C=O) groups is 2. The van der Waals surface area contributed by atoms with Gasteiger partial charge >= 0.3 is 11.9 Å². The van der Waals surface area contributed by atoms with Gasteiger partial charge in [-0.2, -0.15) is 0 Å². The summed E-state index contributed by atoms with van der Waals surface area (Å²) in [5.41, 5.74) is 0. The van der Waals surface area contributed by atoms with Gasteiger partial charge in [-0.25, -0.2) is 0 Å². The summed E-state index contributed by atoms with van der Waals surface area (Å²) in [5.74, 6) is -1.05. The number of carbonyl (C=O) groups excluding carboxylic acids is 2. The summed E-state index contributed by atoms with van der Waals surface area (Å²) in [4.78, 5) is 24.0. The van der Waals surface area contributed by atoms with E-state index in [9.17, 15) is 30.0 Å². The normalized spacial score (nSPS) is 21.3. The third-order valence-electron chi connectivity index (χ3n) is 9.01. The average Bonchev–Trinajstić information content (AvgIpc) is 3.31. The third kappa shape index (κ3) is 21.9. The van der Waals surface area contributed by atoms with Crippen molar-refractivity contribution in [2.75, 3.05) is 13.2 Å². The fourth-order valence-corrected chi connectivity index (χ4v) is 6.08. The van der Waals surface area contributed by atoms with Crippen LogP contribution in [0.2, 0.25) is 0 Å². The minimum absolute atomic E-state index is 0.115. The molecule has 0 bridgehead atoms. The molecule has 1 aliphatic rings. The number of hydrogen-bond donors (Lipinski definition) is 4. The zero-order valence-corrected chi connectivity index (χ0v) is 29.2. The minimum Gasteiger partial charge on any atom is -0.463 e. The molecule has 8 heteroatoms. The lowest BCUT2D eigenvalue weighted by Crippen LogP contribution is -2.25. The van der Waals surface area contributed by atoms with Crippen LogP contribution in [0, 0.1) is 11.8 Å². The quantitative estimate of drug-likeness (QED) is 0.0371. The second kappa shape index (κ2) is 28.3. The Kier molecular flexibility index (Phi) is 26.0. The Bertz CT molecular complexity index is 813. The molecule has 0 aliphatic heterocycles. The molecular formula is C38H68O8. The number of aliphatic hydroxyl groups is 4. The second-order valence-electron chi connectivity index (χ2n) is 13.3. The fraction of sp³-hybridized carbons (Fsp3) is 0.842. The highest BCUT2D eigenvalue weighted by molar-refractivity contribution is 5.69. The summed E-state index contributed by atoms with van der Waals surface area (Å²) in [7, 11) is 0. The molecule has 1 saturated carbocycles. The maximum absolute atomic E-state index is 12.0. The first-order valence-electron chi connectivity index (χ1n) is 18.6. The van der Waals surface area contributed by atoms with E-state index in [0.29, 0.717) is 38.5 Å². The lowest BCUT2D eigenvalue weighted by Gasteiger charge is -2.19. The Morgan fingerprint density at radius 2 is 1.22 bits per heavy atom. The lowest BCUT2D eigenvalue weighted by atomic mass is 9.89. The number of unbranched alkanes of at least 4 members (excludes halogenated alkanes) is 14. The van der Waals surface area contributed by atoms with E-state index in [1.165, 1.54) is 57.8 Å². The maximum atomic E-state index is 12.0. The van der Waals surface area contributed by atoms with Crippen LogP contribution < -0.4 is 0 Å². The molecule has 8 nitrogen and oxygen atoms in total. The van der Waals surface area contributed by atoms with Crippen LogP contribution in [0.1, 0.15) is 155 Å². The standard InChI is InChI=1S/C38H68O8/c1-3-5-7-8-9-10-11-12-13-14-15-20-24-37(43)45-29-32(40)30-46-38(44)25-21-17-16-19-23-33-34(36(42)28-35(33)41)27-26-31(39)22-18-6-4-2/h16,19,26-27,31-36,39-42H,3-15,17-18,20-25,28-30H2,1-2H3/b19-16+,27-26+/t31-,32-,33+,34+,35-,36+/m0/s1. The van der Waals surface area contributed by atoms with Crippen molar-refractivity contribution in [1.82, 2.24) is 0 Å². The molecule has 0 amide bonds. The molecule has 0 radical (unpaired) electrons. The molecule has 1 rings (SSSR count). The number of hydrogen-bond acceptors (Lipinski definition) is 8. The fourth-order valence-electron chi connectivity index (χ4n) is 6.08. The summed E-state index contributed by atoms with van der Waals surface area (Å²) in [6.07, 6.45) is 26.1. The first-order valence-corrected chi connectivity index (χ1v) is 18.6. The number of allylic oxidation sites excluding steroid dienone is 2. The van der Waals surface area contributed by atoms with E-state index in [0.717, 1.165) is 38.5 Å². The van der Waals surface area contributed by atoms with Crippen molar-refractivity contribution in [1.29, 1.82) is 0 Å². The summed E-state index contributed by atoms with van der Waals surface area (Å²) < 4.78 is 10.3. The van der Waals surface area contributed by atoms with Crippen LogP contribution in [-0.2, 0) is 19.1 Å². The van der Waals surface area contributed by atoms with E-state index < -0.39 is 30.4 Å². The van der Waals surface area contributed by atoms with Crippen molar-refractivity contribution < 1.29 is 39.5 Å². The Morgan fingerprint density at radius 1 is 0.696 bits per heavy atom. The van der Waals surface area contributed by atoms with E-state index in [2.05, 4.69) is 13.8 Å². The number of rotatable bonds is 29. The molecule has 0 saturated heterocycles. The number of aliphatic hydroxyl groups excluding tert-OH is 4. The molecule has 0 heterocycles. The highest BCUT2D eigenvalue weighted by Crippen LogP contribution is 2.36. The van der Waals surface area contributed by atoms with E-state index in [1.54, 1.807) is 6.08 Å². The summed E-state index contributed by atoms with van der Waals surface area (Å²) in [6, 6.07) is 0. The zero-order chi connectivity index (χ0) is 33.8.